The Bertz CT molecular complexity index is 735. The fraction of sp³-hybridized carbons (Fsp3) is 0.400. The number of hydrogen-bond donors (Lipinski definition) is 3. The van der Waals surface area contributed by atoms with Crippen molar-refractivity contribution in [2.24, 2.45) is 0 Å². The number of aliphatic hydroxyl groups is 1. The molecule has 1 aromatic carbocycles. The number of carbonyl (C=O) groups excluding carboxylic acids is 1. The number of amides is 1. The van der Waals surface area contributed by atoms with E-state index < -0.39 is 21.7 Å². The lowest BCUT2D eigenvalue weighted by molar-refractivity contribution is -0.117. The molecule has 0 atom stereocenters. The van der Waals surface area contributed by atoms with Crippen molar-refractivity contribution in [2.75, 3.05) is 10.8 Å². The summed E-state index contributed by atoms with van der Waals surface area (Å²) in [4.78, 5) is 11.3. The van der Waals surface area contributed by atoms with Crippen molar-refractivity contribution in [1.82, 2.24) is 4.72 Å². The minimum atomic E-state index is -3.96. The van der Waals surface area contributed by atoms with Crippen molar-refractivity contribution in [1.29, 1.82) is 0 Å². The summed E-state index contributed by atoms with van der Waals surface area (Å²) in [5.41, 5.74) is -0.0174. The fourth-order valence-electron chi connectivity index (χ4n) is 2.16. The van der Waals surface area contributed by atoms with E-state index in [0.717, 1.165) is 4.31 Å². The highest BCUT2D eigenvalue weighted by atomic mass is 32.2. The van der Waals surface area contributed by atoms with Crippen molar-refractivity contribution in [3.63, 3.8) is 0 Å². The van der Waals surface area contributed by atoms with E-state index in [0.29, 0.717) is 18.4 Å². The highest BCUT2D eigenvalue weighted by Crippen LogP contribution is 2.31. The van der Waals surface area contributed by atoms with Crippen LogP contribution in [0.1, 0.15) is 32.3 Å². The Morgan fingerprint density at radius 2 is 2.09 bits per heavy atom. The number of phenolic OH excluding ortho intramolecular Hbond substituents is 1. The summed E-state index contributed by atoms with van der Waals surface area (Å²) in [6.45, 7) is 3.09. The summed E-state index contributed by atoms with van der Waals surface area (Å²) in [5.74, 6) is -0.866. The van der Waals surface area contributed by atoms with E-state index in [1.807, 2.05) is 10.8 Å². The summed E-state index contributed by atoms with van der Waals surface area (Å²) in [7, 11) is -3.96. The first-order chi connectivity index (χ1) is 10.6. The van der Waals surface area contributed by atoms with E-state index >= 15 is 0 Å². The largest absolute Gasteiger partial charge is 0.506 e. The molecule has 0 spiro atoms. The average molecular weight is 340 g/mol. The Balaban J connectivity index is 2.20. The molecule has 1 aromatic rings. The van der Waals surface area contributed by atoms with Crippen LogP contribution in [-0.4, -0.2) is 36.7 Å². The molecule has 1 amide bonds. The van der Waals surface area contributed by atoms with Gasteiger partial charge in [0.05, 0.1) is 11.3 Å². The molecular formula is C15H20N2O5S. The number of nitrogens with zero attached hydrogens (tertiary/aromatic N) is 1. The highest BCUT2D eigenvalue weighted by Gasteiger charge is 2.35. The maximum absolute atomic E-state index is 11.8. The molecule has 0 bridgehead atoms. The maximum Gasteiger partial charge on any atom is 0.326 e. The molecule has 1 heterocycles. The van der Waals surface area contributed by atoms with Crippen molar-refractivity contribution >= 4 is 27.9 Å². The van der Waals surface area contributed by atoms with E-state index in [2.05, 4.69) is 0 Å². The number of benzene rings is 1. The van der Waals surface area contributed by atoms with Gasteiger partial charge >= 0.3 is 10.2 Å². The minimum absolute atomic E-state index is 0.0491. The number of allylic oxidation sites excluding steroid dienone is 1. The van der Waals surface area contributed by atoms with Gasteiger partial charge in [-0.1, -0.05) is 18.2 Å². The van der Waals surface area contributed by atoms with Gasteiger partial charge in [0.25, 0.3) is 5.91 Å². The number of phenols is 1. The first kappa shape index (κ1) is 17.3. The Kier molecular flexibility index (Phi) is 4.67. The molecule has 1 aliphatic rings. The molecule has 0 saturated carbocycles. The van der Waals surface area contributed by atoms with Gasteiger partial charge in [-0.25, -0.2) is 9.03 Å². The topological polar surface area (TPSA) is 107 Å². The lowest BCUT2D eigenvalue weighted by Crippen LogP contribution is -2.29. The summed E-state index contributed by atoms with van der Waals surface area (Å²) < 4.78 is 26.4. The molecule has 2 rings (SSSR count). The average Bonchev–Trinajstić information content (AvgIpc) is 2.68. The van der Waals surface area contributed by atoms with Gasteiger partial charge in [0.2, 0.25) is 0 Å². The van der Waals surface area contributed by atoms with E-state index in [1.165, 1.54) is 12.1 Å². The molecule has 23 heavy (non-hydrogen) atoms. The van der Waals surface area contributed by atoms with Crippen molar-refractivity contribution in [3.05, 3.63) is 29.8 Å². The Hall–Kier alpha value is -2.06. The van der Waals surface area contributed by atoms with Crippen LogP contribution in [0.3, 0.4) is 0 Å². The zero-order chi connectivity index (χ0) is 17.3. The van der Waals surface area contributed by atoms with E-state index in [9.17, 15) is 23.4 Å². The molecule has 0 aliphatic carbocycles. The Labute approximate surface area is 135 Å². The molecule has 7 nitrogen and oxygen atoms in total. The second-order valence-corrected chi connectivity index (χ2v) is 7.63. The van der Waals surface area contributed by atoms with Gasteiger partial charge in [-0.15, -0.1) is 0 Å². The third kappa shape index (κ3) is 4.46. The van der Waals surface area contributed by atoms with Crippen LogP contribution in [0.5, 0.6) is 5.75 Å². The van der Waals surface area contributed by atoms with Crippen LogP contribution in [0.2, 0.25) is 0 Å². The third-order valence-corrected chi connectivity index (χ3v) is 4.71. The van der Waals surface area contributed by atoms with Crippen LogP contribution in [0.25, 0.3) is 6.08 Å². The summed E-state index contributed by atoms with van der Waals surface area (Å²) >= 11 is 0. The molecule has 126 valence electrons. The fourth-order valence-corrected chi connectivity index (χ4v) is 3.32. The monoisotopic (exact) mass is 340 g/mol. The number of aromatic hydroxyl groups is 1. The summed E-state index contributed by atoms with van der Waals surface area (Å²) in [5, 5.41) is 19.5. The van der Waals surface area contributed by atoms with Crippen molar-refractivity contribution < 1.29 is 23.4 Å². The van der Waals surface area contributed by atoms with Gasteiger partial charge in [-0.3, -0.25) is 4.79 Å². The van der Waals surface area contributed by atoms with Gasteiger partial charge < -0.3 is 10.2 Å². The van der Waals surface area contributed by atoms with Crippen molar-refractivity contribution in [2.45, 2.75) is 32.3 Å². The Morgan fingerprint density at radius 3 is 2.65 bits per heavy atom. The number of carbonyl (C=O) groups is 1. The van der Waals surface area contributed by atoms with Gasteiger partial charge in [0.15, 0.2) is 0 Å². The first-order valence-electron chi connectivity index (χ1n) is 7.14. The van der Waals surface area contributed by atoms with Crippen LogP contribution >= 0.6 is 0 Å². The van der Waals surface area contributed by atoms with E-state index in [-0.39, 0.29) is 18.0 Å². The number of hydrogen-bond acceptors (Lipinski definition) is 5. The predicted octanol–water partition coefficient (Wildman–Crippen LogP) is 1.14. The standard InChI is InChI=1S/C15H20N2O5S/c1-15(2,20)8-4-3-5-11-6-7-13(18)12(9-11)17-10-14(19)16-23(17,21)22/h3,5-7,9,18,20H,4,8,10H2,1-2H3,(H,16,19)/b5-3-. The molecule has 0 aromatic heterocycles. The molecule has 3 N–H and O–H groups in total. The number of rotatable bonds is 5. The van der Waals surface area contributed by atoms with Crippen LogP contribution < -0.4 is 9.03 Å². The third-order valence-electron chi connectivity index (χ3n) is 3.32. The molecule has 1 fully saturated rings. The molecule has 8 heteroatoms. The van der Waals surface area contributed by atoms with Crippen LogP contribution in [0, 0.1) is 0 Å². The first-order valence-corrected chi connectivity index (χ1v) is 8.58. The van der Waals surface area contributed by atoms with Gasteiger partial charge in [0.1, 0.15) is 12.3 Å². The van der Waals surface area contributed by atoms with Crippen LogP contribution in [0.15, 0.2) is 24.3 Å². The summed E-state index contributed by atoms with van der Waals surface area (Å²) in [6, 6.07) is 4.51. The van der Waals surface area contributed by atoms with E-state index in [1.54, 1.807) is 26.0 Å². The zero-order valence-corrected chi connectivity index (χ0v) is 13.8. The van der Waals surface area contributed by atoms with E-state index in [4.69, 9.17) is 0 Å². The minimum Gasteiger partial charge on any atom is -0.506 e. The number of anilines is 1. The number of nitrogens with one attached hydrogen (secondary N) is 1. The molecule has 0 radical (unpaired) electrons. The van der Waals surface area contributed by atoms with Crippen molar-refractivity contribution in [3.8, 4) is 5.75 Å². The lowest BCUT2D eigenvalue weighted by atomic mass is 10.0. The van der Waals surface area contributed by atoms with Crippen LogP contribution in [0.4, 0.5) is 5.69 Å². The quantitative estimate of drug-likeness (QED) is 0.745. The zero-order valence-electron chi connectivity index (χ0n) is 13.0. The normalized spacial score (nSPS) is 17.7. The summed E-state index contributed by atoms with van der Waals surface area (Å²) in [6.07, 6.45) is 4.87. The van der Waals surface area contributed by atoms with Gasteiger partial charge in [0, 0.05) is 0 Å². The maximum atomic E-state index is 11.8. The smallest absolute Gasteiger partial charge is 0.326 e. The SMILES string of the molecule is CC(C)(O)CC/C=C\c1ccc(O)c(N2CC(=O)NS2(=O)=O)c1. The second kappa shape index (κ2) is 6.21. The lowest BCUT2D eigenvalue weighted by Gasteiger charge is -2.16. The Morgan fingerprint density at radius 1 is 1.39 bits per heavy atom. The van der Waals surface area contributed by atoms with Crippen LogP contribution in [-0.2, 0) is 15.0 Å². The van der Waals surface area contributed by atoms with Gasteiger partial charge in [-0.05, 0) is 44.4 Å². The molecular weight excluding hydrogens is 320 g/mol. The second-order valence-electron chi connectivity index (χ2n) is 6.04. The molecule has 0 unspecified atom stereocenters. The highest BCUT2D eigenvalue weighted by molar-refractivity contribution is 7.92. The molecule has 1 aliphatic heterocycles. The molecule has 1 saturated heterocycles. The predicted molar refractivity (Wildman–Crippen MR) is 87.1 cm³/mol. The van der Waals surface area contributed by atoms with Gasteiger partial charge in [-0.2, -0.15) is 8.42 Å².